The van der Waals surface area contributed by atoms with Crippen LogP contribution in [0, 0.1) is 0 Å². The predicted molar refractivity (Wildman–Crippen MR) is 120 cm³/mol. The Morgan fingerprint density at radius 1 is 1.03 bits per heavy atom. The number of aromatic nitrogens is 4. The minimum atomic E-state index is -4.64. The van der Waals surface area contributed by atoms with Gasteiger partial charge in [-0.2, -0.15) is 0 Å². The van der Waals surface area contributed by atoms with Crippen LogP contribution in [0.25, 0.3) is 28.0 Å². The molecular formula is C20H22N4NaO6P. The standard InChI is InChI=1S/C20H19N4O2.Na.H3O4P/c1-12(2)13-4-7-18(25)16(11-13)19-21-22-20(26)24(19)15-5-6-17-14(10-15)8-9-23(17)3;;1-5(2,3)4/h5-12,25H,1-3H3,(H,22,26);;(H3,1,2,3,4). The Labute approximate surface area is 201 Å². The van der Waals surface area contributed by atoms with Gasteiger partial charge in [0.05, 0.1) is 0 Å². The van der Waals surface area contributed by atoms with E-state index in [0.29, 0.717) is 17.3 Å². The number of phosphoric acid groups is 1. The van der Waals surface area contributed by atoms with E-state index in [1.165, 1.54) is 5.56 Å². The number of rotatable bonds is 3. The van der Waals surface area contributed by atoms with Crippen LogP contribution in [0.5, 0.6) is 11.8 Å². The van der Waals surface area contributed by atoms with Gasteiger partial charge in [-0.3, -0.25) is 0 Å². The molecule has 0 fully saturated rings. The molecule has 0 unspecified atom stereocenters. The number of benzene rings is 2. The molecule has 2 aromatic heterocycles. The van der Waals surface area contributed by atoms with Crippen molar-refractivity contribution in [1.29, 1.82) is 0 Å². The molecule has 32 heavy (non-hydrogen) atoms. The minimum absolute atomic E-state index is 0.152. The summed E-state index contributed by atoms with van der Waals surface area (Å²) in [4.78, 5) is 21.6. The van der Waals surface area contributed by atoms with E-state index in [-0.39, 0.29) is 11.8 Å². The van der Waals surface area contributed by atoms with Crippen molar-refractivity contribution in [2.75, 3.05) is 0 Å². The zero-order valence-corrected chi connectivity index (χ0v) is 20.9. The fourth-order valence-electron chi connectivity index (χ4n) is 3.61. The van der Waals surface area contributed by atoms with E-state index in [0.717, 1.165) is 47.3 Å². The molecule has 0 radical (unpaired) electrons. The van der Waals surface area contributed by atoms with Crippen LogP contribution in [-0.4, -0.2) is 72.2 Å². The van der Waals surface area contributed by atoms with Gasteiger partial charge in [-0.1, -0.05) is 0 Å². The third kappa shape index (κ3) is 5.41. The second kappa shape index (κ2) is 9.36. The summed E-state index contributed by atoms with van der Waals surface area (Å²) in [5.74, 6) is 0.908. The van der Waals surface area contributed by atoms with Gasteiger partial charge < -0.3 is 14.7 Å². The van der Waals surface area contributed by atoms with E-state index < -0.39 is 7.82 Å². The molecule has 12 heteroatoms. The molecule has 2 aromatic carbocycles. The Hall–Kier alpha value is -2.17. The van der Waals surface area contributed by atoms with Gasteiger partial charge in [0.15, 0.2) is 0 Å². The molecule has 10 nitrogen and oxygen atoms in total. The molecule has 0 saturated heterocycles. The second-order valence-corrected chi connectivity index (χ2v) is 9.83. The van der Waals surface area contributed by atoms with Crippen molar-refractivity contribution in [2.24, 2.45) is 7.05 Å². The topological polar surface area (TPSA) is 154 Å². The van der Waals surface area contributed by atoms with Gasteiger partial charge in [0.1, 0.15) is 0 Å². The van der Waals surface area contributed by atoms with Crippen molar-refractivity contribution in [1.82, 2.24) is 19.3 Å². The van der Waals surface area contributed by atoms with E-state index in [2.05, 4.69) is 24.0 Å². The van der Waals surface area contributed by atoms with Crippen molar-refractivity contribution in [3.05, 3.63) is 48.2 Å². The average molecular weight is 468 g/mol. The van der Waals surface area contributed by atoms with Crippen LogP contribution in [-0.2, 0) is 11.6 Å². The van der Waals surface area contributed by atoms with E-state index in [4.69, 9.17) is 19.2 Å². The molecule has 0 spiro atoms. The normalized spacial score (nSPS) is 11.7. The van der Waals surface area contributed by atoms with E-state index in [1.807, 2.05) is 48.1 Å². The Morgan fingerprint density at radius 2 is 1.69 bits per heavy atom. The van der Waals surface area contributed by atoms with Gasteiger partial charge in [0, 0.05) is 0 Å². The number of aromatic hydroxyl groups is 2. The maximum Gasteiger partial charge on any atom is 0.466 e. The Morgan fingerprint density at radius 3 is 2.31 bits per heavy atom. The van der Waals surface area contributed by atoms with Crippen LogP contribution in [0.3, 0.4) is 0 Å². The Bertz CT molecular complexity index is 1320. The number of fused-ring (bicyclic) bond motifs is 1. The first-order chi connectivity index (χ1) is 14.9. The van der Waals surface area contributed by atoms with Crippen LogP contribution in [0.1, 0.15) is 25.3 Å². The van der Waals surface area contributed by atoms with Crippen molar-refractivity contribution in [3.8, 4) is 28.8 Å². The van der Waals surface area contributed by atoms with Gasteiger partial charge in [-0.15, -0.1) is 0 Å². The van der Waals surface area contributed by atoms with Crippen molar-refractivity contribution in [2.45, 2.75) is 19.8 Å². The van der Waals surface area contributed by atoms with Crippen LogP contribution in [0.4, 0.5) is 0 Å². The monoisotopic (exact) mass is 468 g/mol. The first-order valence-corrected chi connectivity index (χ1v) is 12.3. The molecule has 0 amide bonds. The number of phenols is 1. The van der Waals surface area contributed by atoms with Crippen LogP contribution < -0.4 is 2.81 Å². The van der Waals surface area contributed by atoms with Gasteiger partial charge in [0.2, 0.25) is 0 Å². The van der Waals surface area contributed by atoms with E-state index >= 15 is 0 Å². The summed E-state index contributed by atoms with van der Waals surface area (Å²) in [6.45, 7) is 4.26. The Balaban J connectivity index is 0.000000523. The molecule has 0 aliphatic heterocycles. The van der Waals surface area contributed by atoms with Gasteiger partial charge in [-0.25, -0.2) is 4.57 Å². The van der Waals surface area contributed by atoms with E-state index in [1.54, 1.807) is 10.6 Å². The summed E-state index contributed by atoms with van der Waals surface area (Å²) in [7, 11) is -2.65. The molecule has 0 saturated carbocycles. The zero-order valence-electron chi connectivity index (χ0n) is 18.0. The Kier molecular flexibility index (Phi) is 7.16. The number of hydrogen-bond donors (Lipinski definition) is 5. The number of nitrogens with zero attached hydrogens (tertiary/aromatic N) is 4. The SMILES string of the molecule is CC(C)c1cc(-c2nnc(O)n2-c2ccc3c(ccn3C)c2)c(O)c[c]1[Na].O=P(O)(O)O. The number of aryl methyl sites for hydroxylation is 1. The third-order valence-corrected chi connectivity index (χ3v) is 5.89. The van der Waals surface area contributed by atoms with Crippen molar-refractivity contribution < 1.29 is 29.5 Å². The van der Waals surface area contributed by atoms with Crippen molar-refractivity contribution >= 4 is 49.5 Å². The molecular weight excluding hydrogens is 446 g/mol. The molecule has 164 valence electrons. The van der Waals surface area contributed by atoms with Crippen LogP contribution >= 0.6 is 7.82 Å². The molecule has 4 aromatic rings. The average Bonchev–Trinajstić information content (AvgIpc) is 3.23. The second-order valence-electron chi connectivity index (χ2n) is 7.72. The smallest absolute Gasteiger partial charge is 0.303 e. The zero-order chi connectivity index (χ0) is 23.8. The van der Waals surface area contributed by atoms with Crippen LogP contribution in [0.15, 0.2) is 42.6 Å². The summed E-state index contributed by atoms with van der Waals surface area (Å²) in [6, 6.07) is 11.5. The molecule has 0 bridgehead atoms. The number of phenolic OH excluding ortho intramolecular Hbond substituents is 1. The van der Waals surface area contributed by atoms with Crippen molar-refractivity contribution in [3.63, 3.8) is 0 Å². The van der Waals surface area contributed by atoms with Crippen LogP contribution in [0.2, 0.25) is 0 Å². The summed E-state index contributed by atoms with van der Waals surface area (Å²) in [5.41, 5.74) is 3.59. The number of hydrogen-bond acceptors (Lipinski definition) is 5. The maximum atomic E-state index is 10.6. The maximum absolute atomic E-state index is 10.6. The largest absolute Gasteiger partial charge is 0.466 e. The summed E-state index contributed by atoms with van der Waals surface area (Å²) in [5, 5.41) is 30.0. The van der Waals surface area contributed by atoms with Gasteiger partial charge >= 0.3 is 183 Å². The summed E-state index contributed by atoms with van der Waals surface area (Å²) >= 11 is 0.850. The fourth-order valence-corrected chi connectivity index (χ4v) is 4.60. The first kappa shape index (κ1) is 24.5. The third-order valence-electron chi connectivity index (χ3n) is 5.02. The first-order valence-electron chi connectivity index (χ1n) is 9.68. The minimum Gasteiger partial charge on any atom is -0.303 e. The van der Waals surface area contributed by atoms with Gasteiger partial charge in [0.25, 0.3) is 0 Å². The summed E-state index contributed by atoms with van der Waals surface area (Å²) < 4.78 is 13.6. The summed E-state index contributed by atoms with van der Waals surface area (Å²) in [6.07, 6.45) is 1.99. The quantitative estimate of drug-likeness (QED) is 0.225. The molecule has 0 aliphatic rings. The fraction of sp³-hybridized carbons (Fsp3) is 0.200. The molecule has 0 aliphatic carbocycles. The predicted octanol–water partition coefficient (Wildman–Crippen LogP) is 1.83. The van der Waals surface area contributed by atoms with Gasteiger partial charge in [-0.05, 0) is 0 Å². The molecule has 0 atom stereocenters. The molecule has 5 N–H and O–H groups in total. The van der Waals surface area contributed by atoms with E-state index in [9.17, 15) is 10.2 Å². The molecule has 2 heterocycles. The molecule has 4 rings (SSSR count).